The molecular formula is C15H19BrN2O3. The minimum absolute atomic E-state index is 0.115. The molecule has 114 valence electrons. The number of piperidine rings is 1. The number of rotatable bonds is 3. The second kappa shape index (κ2) is 6.93. The highest BCUT2D eigenvalue weighted by Crippen LogP contribution is 2.19. The highest BCUT2D eigenvalue weighted by molar-refractivity contribution is 9.10. The molecule has 0 aromatic heterocycles. The first-order valence-electron chi connectivity index (χ1n) is 7.01. The molecule has 1 unspecified atom stereocenters. The molecule has 1 aromatic carbocycles. The van der Waals surface area contributed by atoms with Crippen molar-refractivity contribution >= 4 is 27.9 Å². The number of urea groups is 1. The predicted molar refractivity (Wildman–Crippen MR) is 83.0 cm³/mol. The van der Waals surface area contributed by atoms with Gasteiger partial charge in [0.15, 0.2) is 0 Å². The Balaban J connectivity index is 1.94. The maximum absolute atomic E-state index is 12.2. The molecule has 2 rings (SSSR count). The molecule has 5 nitrogen and oxygen atoms in total. The van der Waals surface area contributed by atoms with Crippen LogP contribution in [0.4, 0.5) is 4.79 Å². The number of nitrogens with one attached hydrogen (secondary N) is 1. The molecule has 1 fully saturated rings. The Morgan fingerprint density at radius 2 is 2.05 bits per heavy atom. The molecule has 0 saturated carbocycles. The molecule has 6 heteroatoms. The lowest BCUT2D eigenvalue weighted by Gasteiger charge is -2.31. The number of halogens is 1. The maximum Gasteiger partial charge on any atom is 0.317 e. The van der Waals surface area contributed by atoms with E-state index in [2.05, 4.69) is 21.2 Å². The van der Waals surface area contributed by atoms with Crippen LogP contribution >= 0.6 is 15.9 Å². The molecule has 2 amide bonds. The molecule has 2 N–H and O–H groups in total. The van der Waals surface area contributed by atoms with Crippen LogP contribution in [0.5, 0.6) is 0 Å². The van der Waals surface area contributed by atoms with E-state index in [0.717, 1.165) is 16.5 Å². The van der Waals surface area contributed by atoms with Crippen molar-refractivity contribution in [3.8, 4) is 0 Å². The zero-order valence-electron chi connectivity index (χ0n) is 11.9. The number of nitrogens with zero attached hydrogens (tertiary/aromatic N) is 1. The van der Waals surface area contributed by atoms with Crippen LogP contribution in [-0.4, -0.2) is 35.1 Å². The third kappa shape index (κ3) is 4.20. The van der Waals surface area contributed by atoms with Gasteiger partial charge in [0, 0.05) is 17.6 Å². The molecule has 0 bridgehead atoms. The third-order valence-corrected chi connectivity index (χ3v) is 4.30. The van der Waals surface area contributed by atoms with Crippen LogP contribution in [0.2, 0.25) is 0 Å². The fraction of sp³-hybridized carbons (Fsp3) is 0.467. The summed E-state index contributed by atoms with van der Waals surface area (Å²) in [5.74, 6) is -1.28. The van der Waals surface area contributed by atoms with Gasteiger partial charge in [0.25, 0.3) is 0 Å². The van der Waals surface area contributed by atoms with Crippen LogP contribution in [0.1, 0.15) is 31.4 Å². The number of carbonyl (C=O) groups is 2. The summed E-state index contributed by atoms with van der Waals surface area (Å²) < 4.78 is 0.991. The average Bonchev–Trinajstić information content (AvgIpc) is 2.48. The predicted octanol–water partition coefficient (Wildman–Crippen LogP) is 3.02. The summed E-state index contributed by atoms with van der Waals surface area (Å²) in [7, 11) is 0. The van der Waals surface area contributed by atoms with Crippen molar-refractivity contribution in [2.75, 3.05) is 13.1 Å². The molecule has 1 saturated heterocycles. The van der Waals surface area contributed by atoms with Crippen LogP contribution in [0, 0.1) is 5.92 Å². The molecule has 1 aliphatic rings. The third-order valence-electron chi connectivity index (χ3n) is 3.77. The summed E-state index contributed by atoms with van der Waals surface area (Å²) in [6.07, 6.45) is 1.37. The quantitative estimate of drug-likeness (QED) is 0.876. The van der Waals surface area contributed by atoms with Gasteiger partial charge in [-0.05, 0) is 37.5 Å². The summed E-state index contributed by atoms with van der Waals surface area (Å²) in [4.78, 5) is 24.9. The van der Waals surface area contributed by atoms with E-state index >= 15 is 0 Å². The van der Waals surface area contributed by atoms with Crippen LogP contribution in [0.25, 0.3) is 0 Å². The molecular weight excluding hydrogens is 336 g/mol. The van der Waals surface area contributed by atoms with Crippen molar-refractivity contribution in [3.63, 3.8) is 0 Å². The fourth-order valence-corrected chi connectivity index (χ4v) is 2.74. The zero-order chi connectivity index (χ0) is 15.4. The fourth-order valence-electron chi connectivity index (χ4n) is 2.47. The van der Waals surface area contributed by atoms with E-state index < -0.39 is 11.9 Å². The second-order valence-electron chi connectivity index (χ2n) is 5.35. The molecule has 1 heterocycles. The maximum atomic E-state index is 12.2. The Hall–Kier alpha value is -1.56. The largest absolute Gasteiger partial charge is 0.481 e. The average molecular weight is 355 g/mol. The molecule has 1 aliphatic heterocycles. The van der Waals surface area contributed by atoms with Gasteiger partial charge in [0.05, 0.1) is 12.0 Å². The van der Waals surface area contributed by atoms with E-state index in [1.54, 1.807) is 4.90 Å². The van der Waals surface area contributed by atoms with Gasteiger partial charge < -0.3 is 15.3 Å². The molecule has 2 atom stereocenters. The number of hydrogen-bond donors (Lipinski definition) is 2. The van der Waals surface area contributed by atoms with Crippen LogP contribution in [-0.2, 0) is 4.79 Å². The van der Waals surface area contributed by atoms with Crippen LogP contribution in [0.15, 0.2) is 28.7 Å². The molecule has 0 spiro atoms. The first-order chi connectivity index (χ1) is 9.97. The summed E-state index contributed by atoms with van der Waals surface area (Å²) in [5, 5.41) is 12.0. The summed E-state index contributed by atoms with van der Waals surface area (Å²) in [5.41, 5.74) is 1.01. The number of aliphatic carboxylic acids is 1. The van der Waals surface area contributed by atoms with E-state index in [4.69, 9.17) is 5.11 Å². The summed E-state index contributed by atoms with van der Waals surface area (Å²) >= 11 is 3.38. The van der Waals surface area contributed by atoms with Crippen molar-refractivity contribution < 1.29 is 14.7 Å². The van der Waals surface area contributed by atoms with Gasteiger partial charge in [-0.25, -0.2) is 4.79 Å². The van der Waals surface area contributed by atoms with E-state index in [0.29, 0.717) is 13.0 Å². The Morgan fingerprint density at radius 3 is 2.67 bits per heavy atom. The highest BCUT2D eigenvalue weighted by Gasteiger charge is 2.28. The lowest BCUT2D eigenvalue weighted by atomic mass is 9.98. The van der Waals surface area contributed by atoms with E-state index in [-0.39, 0.29) is 18.6 Å². The van der Waals surface area contributed by atoms with Crippen molar-refractivity contribution in [1.82, 2.24) is 10.2 Å². The van der Waals surface area contributed by atoms with E-state index in [1.807, 2.05) is 31.2 Å². The molecule has 21 heavy (non-hydrogen) atoms. The lowest BCUT2D eigenvalue weighted by molar-refractivity contribution is -0.143. The monoisotopic (exact) mass is 354 g/mol. The number of amides is 2. The van der Waals surface area contributed by atoms with Gasteiger partial charge in [0.2, 0.25) is 0 Å². The minimum Gasteiger partial charge on any atom is -0.481 e. The van der Waals surface area contributed by atoms with Gasteiger partial charge in [-0.1, -0.05) is 28.1 Å². The Kier molecular flexibility index (Phi) is 5.22. The summed E-state index contributed by atoms with van der Waals surface area (Å²) in [6, 6.07) is 7.45. The number of carboxylic acid groups (broad SMARTS) is 1. The Labute approximate surface area is 132 Å². The summed E-state index contributed by atoms with van der Waals surface area (Å²) in [6.45, 7) is 2.82. The first-order valence-corrected chi connectivity index (χ1v) is 7.80. The lowest BCUT2D eigenvalue weighted by Crippen LogP contribution is -2.47. The smallest absolute Gasteiger partial charge is 0.317 e. The van der Waals surface area contributed by atoms with Gasteiger partial charge in [-0.15, -0.1) is 0 Å². The van der Waals surface area contributed by atoms with Gasteiger partial charge in [0.1, 0.15) is 0 Å². The second-order valence-corrected chi connectivity index (χ2v) is 6.26. The molecule has 1 aromatic rings. The minimum atomic E-state index is -0.826. The number of likely N-dealkylation sites (tertiary alicyclic amines) is 1. The SMILES string of the molecule is C[C@@H](NC(=O)N1CCCC(C(=O)O)C1)c1ccc(Br)cc1. The van der Waals surface area contributed by atoms with Gasteiger partial charge in [-0.2, -0.15) is 0 Å². The van der Waals surface area contributed by atoms with E-state index in [9.17, 15) is 9.59 Å². The van der Waals surface area contributed by atoms with Crippen molar-refractivity contribution in [1.29, 1.82) is 0 Å². The number of carboxylic acids is 1. The topological polar surface area (TPSA) is 69.6 Å². The first kappa shape index (κ1) is 15.8. The molecule has 0 radical (unpaired) electrons. The van der Waals surface area contributed by atoms with Gasteiger partial charge >= 0.3 is 12.0 Å². The Bertz CT molecular complexity index is 518. The normalized spacial score (nSPS) is 19.9. The van der Waals surface area contributed by atoms with E-state index in [1.165, 1.54) is 0 Å². The van der Waals surface area contributed by atoms with Crippen molar-refractivity contribution in [3.05, 3.63) is 34.3 Å². The molecule has 0 aliphatic carbocycles. The van der Waals surface area contributed by atoms with Crippen LogP contribution < -0.4 is 5.32 Å². The zero-order valence-corrected chi connectivity index (χ0v) is 13.5. The van der Waals surface area contributed by atoms with Gasteiger partial charge in [-0.3, -0.25) is 4.79 Å². The van der Waals surface area contributed by atoms with Crippen molar-refractivity contribution in [2.24, 2.45) is 5.92 Å². The number of benzene rings is 1. The van der Waals surface area contributed by atoms with Crippen LogP contribution in [0.3, 0.4) is 0 Å². The number of hydrogen-bond acceptors (Lipinski definition) is 2. The Morgan fingerprint density at radius 1 is 1.38 bits per heavy atom. The standard InChI is InChI=1S/C15H19BrN2O3/c1-10(11-4-6-13(16)7-5-11)17-15(21)18-8-2-3-12(9-18)14(19)20/h4-7,10,12H,2-3,8-9H2,1H3,(H,17,21)(H,19,20)/t10-,12?/m1/s1. The highest BCUT2D eigenvalue weighted by atomic mass is 79.9. The van der Waals surface area contributed by atoms with Crippen molar-refractivity contribution in [2.45, 2.75) is 25.8 Å². The number of carbonyl (C=O) groups excluding carboxylic acids is 1.